The second kappa shape index (κ2) is 6.47. The van der Waals surface area contributed by atoms with E-state index in [0.29, 0.717) is 24.7 Å². The molecule has 0 radical (unpaired) electrons. The van der Waals surface area contributed by atoms with Crippen LogP contribution in [-0.2, 0) is 11.2 Å². The molecule has 6 nitrogen and oxygen atoms in total. The van der Waals surface area contributed by atoms with Crippen molar-refractivity contribution in [1.82, 2.24) is 15.1 Å². The number of aryl methyl sites for hydroxylation is 1. The Bertz CT molecular complexity index is 874. The predicted molar refractivity (Wildman–Crippen MR) is 93.1 cm³/mol. The maximum Gasteiger partial charge on any atom is 0.232 e. The Labute approximate surface area is 145 Å². The average molecular weight is 334 g/mol. The van der Waals surface area contributed by atoms with E-state index in [1.807, 2.05) is 24.3 Å². The maximum atomic E-state index is 12.4. The molecular formula is C19H18N4O2. The maximum absolute atomic E-state index is 12.4. The molecule has 1 aliphatic rings. The summed E-state index contributed by atoms with van der Waals surface area (Å²) in [7, 11) is 0. The molecule has 1 aromatic carbocycles. The van der Waals surface area contributed by atoms with Gasteiger partial charge in [0.2, 0.25) is 17.6 Å². The van der Waals surface area contributed by atoms with Crippen LogP contribution in [0.25, 0.3) is 11.4 Å². The Morgan fingerprint density at radius 3 is 2.64 bits per heavy atom. The predicted octanol–water partition coefficient (Wildman–Crippen LogP) is 3.21. The van der Waals surface area contributed by atoms with Crippen LogP contribution in [0.5, 0.6) is 0 Å². The van der Waals surface area contributed by atoms with Gasteiger partial charge in [0, 0.05) is 36.6 Å². The fourth-order valence-corrected chi connectivity index (χ4v) is 3.05. The Balaban J connectivity index is 1.53. The average Bonchev–Trinajstić information content (AvgIpc) is 3.29. The molecule has 1 fully saturated rings. The van der Waals surface area contributed by atoms with Gasteiger partial charge < -0.3 is 9.42 Å². The fraction of sp³-hybridized carbons (Fsp3) is 0.263. The topological polar surface area (TPSA) is 72.1 Å². The zero-order valence-electron chi connectivity index (χ0n) is 13.9. The quantitative estimate of drug-likeness (QED) is 0.732. The van der Waals surface area contributed by atoms with E-state index in [0.717, 1.165) is 17.7 Å². The van der Waals surface area contributed by atoms with Crippen LogP contribution in [0.3, 0.4) is 0 Å². The molecule has 1 atom stereocenters. The second-order valence-electron chi connectivity index (χ2n) is 6.12. The van der Waals surface area contributed by atoms with Gasteiger partial charge >= 0.3 is 0 Å². The van der Waals surface area contributed by atoms with Gasteiger partial charge in [-0.05, 0) is 36.2 Å². The van der Waals surface area contributed by atoms with Crippen LogP contribution in [0.1, 0.15) is 30.7 Å². The highest BCUT2D eigenvalue weighted by Gasteiger charge is 2.35. The van der Waals surface area contributed by atoms with Gasteiger partial charge in [0.05, 0.1) is 5.92 Å². The minimum atomic E-state index is -0.0820. The molecule has 0 saturated carbocycles. The molecule has 4 rings (SSSR count). The minimum absolute atomic E-state index is 0.0814. The zero-order valence-corrected chi connectivity index (χ0v) is 13.9. The Morgan fingerprint density at radius 2 is 1.92 bits per heavy atom. The second-order valence-corrected chi connectivity index (χ2v) is 6.12. The number of nitrogens with zero attached hydrogens (tertiary/aromatic N) is 4. The molecule has 25 heavy (non-hydrogen) atoms. The molecule has 1 amide bonds. The highest BCUT2D eigenvalue weighted by molar-refractivity contribution is 5.96. The number of carbonyl (C=O) groups is 1. The molecule has 6 heteroatoms. The van der Waals surface area contributed by atoms with Crippen molar-refractivity contribution in [3.63, 3.8) is 0 Å². The van der Waals surface area contributed by atoms with E-state index >= 15 is 0 Å². The summed E-state index contributed by atoms with van der Waals surface area (Å²) in [5, 5.41) is 4.03. The normalized spacial score (nSPS) is 17.2. The van der Waals surface area contributed by atoms with Gasteiger partial charge in [-0.3, -0.25) is 9.78 Å². The standard InChI is InChI=1S/C19H18N4O2/c1-2-13-3-5-16(6-4-13)23-12-15(11-17(23)24)19-21-18(22-25-19)14-7-9-20-10-8-14/h3-10,15H,2,11-12H2,1H3/t15-/m1/s1. The number of rotatable bonds is 4. The summed E-state index contributed by atoms with van der Waals surface area (Å²) in [4.78, 5) is 22.7. The summed E-state index contributed by atoms with van der Waals surface area (Å²) < 4.78 is 5.41. The van der Waals surface area contributed by atoms with Gasteiger partial charge in [-0.15, -0.1) is 0 Å². The van der Waals surface area contributed by atoms with E-state index in [2.05, 4.69) is 34.2 Å². The molecule has 1 saturated heterocycles. The summed E-state index contributed by atoms with van der Waals surface area (Å²) in [5.41, 5.74) is 3.02. The van der Waals surface area contributed by atoms with Crippen molar-refractivity contribution in [2.75, 3.05) is 11.4 Å². The monoisotopic (exact) mass is 334 g/mol. The first-order chi connectivity index (χ1) is 12.2. The summed E-state index contributed by atoms with van der Waals surface area (Å²) in [6, 6.07) is 11.8. The van der Waals surface area contributed by atoms with Crippen molar-refractivity contribution in [3.8, 4) is 11.4 Å². The first-order valence-electron chi connectivity index (χ1n) is 8.38. The molecule has 0 unspecified atom stereocenters. The van der Waals surface area contributed by atoms with E-state index in [-0.39, 0.29) is 11.8 Å². The van der Waals surface area contributed by atoms with Crippen LogP contribution in [-0.4, -0.2) is 27.6 Å². The van der Waals surface area contributed by atoms with Crippen LogP contribution >= 0.6 is 0 Å². The minimum Gasteiger partial charge on any atom is -0.339 e. The molecular weight excluding hydrogens is 316 g/mol. The summed E-state index contributed by atoms with van der Waals surface area (Å²) in [6.45, 7) is 2.67. The van der Waals surface area contributed by atoms with Crippen molar-refractivity contribution in [2.45, 2.75) is 25.7 Å². The zero-order chi connectivity index (χ0) is 17.2. The van der Waals surface area contributed by atoms with Crippen LogP contribution < -0.4 is 4.90 Å². The molecule has 2 aromatic heterocycles. The van der Waals surface area contributed by atoms with Crippen molar-refractivity contribution in [3.05, 3.63) is 60.2 Å². The third-order valence-corrected chi connectivity index (χ3v) is 4.51. The van der Waals surface area contributed by atoms with E-state index in [9.17, 15) is 4.79 Å². The number of benzene rings is 1. The largest absolute Gasteiger partial charge is 0.339 e. The lowest BCUT2D eigenvalue weighted by Gasteiger charge is -2.16. The van der Waals surface area contributed by atoms with Gasteiger partial charge in [0.15, 0.2) is 0 Å². The molecule has 0 N–H and O–H groups in total. The lowest BCUT2D eigenvalue weighted by molar-refractivity contribution is -0.117. The molecule has 1 aliphatic heterocycles. The van der Waals surface area contributed by atoms with Crippen molar-refractivity contribution >= 4 is 11.6 Å². The van der Waals surface area contributed by atoms with Gasteiger partial charge in [0.1, 0.15) is 0 Å². The van der Waals surface area contributed by atoms with E-state index in [1.165, 1.54) is 5.56 Å². The van der Waals surface area contributed by atoms with Gasteiger partial charge in [-0.1, -0.05) is 24.2 Å². The molecule has 126 valence electrons. The highest BCUT2D eigenvalue weighted by Crippen LogP contribution is 2.32. The third kappa shape index (κ3) is 3.03. The Hall–Kier alpha value is -3.02. The van der Waals surface area contributed by atoms with Gasteiger partial charge in [-0.25, -0.2) is 0 Å². The van der Waals surface area contributed by atoms with E-state index in [1.54, 1.807) is 17.3 Å². The molecule has 0 aliphatic carbocycles. The first-order valence-corrected chi connectivity index (χ1v) is 8.38. The van der Waals surface area contributed by atoms with Gasteiger partial charge in [0.25, 0.3) is 0 Å². The molecule has 3 aromatic rings. The SMILES string of the molecule is CCc1ccc(N2C[C@H](c3nc(-c4ccncc4)no3)CC2=O)cc1. The molecule has 0 spiro atoms. The van der Waals surface area contributed by atoms with Crippen LogP contribution in [0.15, 0.2) is 53.3 Å². The summed E-state index contributed by atoms with van der Waals surface area (Å²) >= 11 is 0. The van der Waals surface area contributed by atoms with E-state index < -0.39 is 0 Å². The number of pyridine rings is 1. The summed E-state index contributed by atoms with van der Waals surface area (Å²) in [5.74, 6) is 1.03. The Morgan fingerprint density at radius 1 is 1.16 bits per heavy atom. The number of aromatic nitrogens is 3. The van der Waals surface area contributed by atoms with Crippen LogP contribution in [0.4, 0.5) is 5.69 Å². The number of anilines is 1. The number of amides is 1. The van der Waals surface area contributed by atoms with Crippen molar-refractivity contribution < 1.29 is 9.32 Å². The highest BCUT2D eigenvalue weighted by atomic mass is 16.5. The molecule has 0 bridgehead atoms. The lowest BCUT2D eigenvalue weighted by Crippen LogP contribution is -2.24. The summed E-state index contributed by atoms with van der Waals surface area (Å²) in [6.07, 6.45) is 4.74. The number of hydrogen-bond acceptors (Lipinski definition) is 5. The van der Waals surface area contributed by atoms with Gasteiger partial charge in [-0.2, -0.15) is 4.98 Å². The van der Waals surface area contributed by atoms with Crippen LogP contribution in [0, 0.1) is 0 Å². The lowest BCUT2D eigenvalue weighted by atomic mass is 10.1. The molecule has 3 heterocycles. The van der Waals surface area contributed by atoms with Crippen molar-refractivity contribution in [2.24, 2.45) is 0 Å². The number of carbonyl (C=O) groups excluding carboxylic acids is 1. The van der Waals surface area contributed by atoms with Crippen LogP contribution in [0.2, 0.25) is 0 Å². The smallest absolute Gasteiger partial charge is 0.232 e. The first kappa shape index (κ1) is 15.5. The number of hydrogen-bond donors (Lipinski definition) is 0. The fourth-order valence-electron chi connectivity index (χ4n) is 3.05. The Kier molecular flexibility index (Phi) is 4.01. The third-order valence-electron chi connectivity index (χ3n) is 4.51. The van der Waals surface area contributed by atoms with E-state index in [4.69, 9.17) is 4.52 Å². The van der Waals surface area contributed by atoms with Crippen molar-refractivity contribution in [1.29, 1.82) is 0 Å².